The first-order valence-electron chi connectivity index (χ1n) is 11.4. The fourth-order valence-corrected chi connectivity index (χ4v) is 4.63. The lowest BCUT2D eigenvalue weighted by Crippen LogP contribution is -2.37. The molecule has 3 aromatic rings. The molecule has 2 aromatic heterocycles. The van der Waals surface area contributed by atoms with Crippen molar-refractivity contribution < 1.29 is 9.13 Å². The van der Waals surface area contributed by atoms with E-state index in [9.17, 15) is 4.39 Å². The van der Waals surface area contributed by atoms with Gasteiger partial charge in [-0.3, -0.25) is 4.90 Å². The van der Waals surface area contributed by atoms with Crippen LogP contribution in [0.4, 0.5) is 10.2 Å². The molecule has 0 spiro atoms. The summed E-state index contributed by atoms with van der Waals surface area (Å²) in [7, 11) is 0. The summed E-state index contributed by atoms with van der Waals surface area (Å²) in [4.78, 5) is 9.17. The van der Waals surface area contributed by atoms with Crippen LogP contribution in [0.3, 0.4) is 0 Å². The highest BCUT2D eigenvalue weighted by atomic mass is 19.1. The molecule has 0 atom stereocenters. The summed E-state index contributed by atoms with van der Waals surface area (Å²) in [5, 5.41) is 9.24. The average Bonchev–Trinajstić information content (AvgIpc) is 3.22. The third kappa shape index (κ3) is 4.81. The van der Waals surface area contributed by atoms with Gasteiger partial charge in [0.1, 0.15) is 23.3 Å². The van der Waals surface area contributed by atoms with Crippen molar-refractivity contribution in [2.45, 2.75) is 31.8 Å². The number of anilines is 1. The summed E-state index contributed by atoms with van der Waals surface area (Å²) in [5.41, 5.74) is 0.931. The van der Waals surface area contributed by atoms with Gasteiger partial charge in [-0.15, -0.1) is 10.2 Å². The first-order valence-corrected chi connectivity index (χ1v) is 11.4. The van der Waals surface area contributed by atoms with E-state index in [-0.39, 0.29) is 5.82 Å². The van der Waals surface area contributed by atoms with Gasteiger partial charge < -0.3 is 14.2 Å². The summed E-state index contributed by atoms with van der Waals surface area (Å²) < 4.78 is 21.6. The van der Waals surface area contributed by atoms with Gasteiger partial charge in [0.2, 0.25) is 0 Å². The Kier molecular flexibility index (Phi) is 6.41. The molecule has 2 aliphatic heterocycles. The molecule has 0 N–H and O–H groups in total. The number of hydrogen-bond acceptors (Lipinski definition) is 6. The van der Waals surface area contributed by atoms with Crippen molar-refractivity contribution >= 4 is 5.82 Å². The second kappa shape index (κ2) is 9.75. The summed E-state index contributed by atoms with van der Waals surface area (Å²) >= 11 is 0. The molecule has 32 heavy (non-hydrogen) atoms. The third-order valence-corrected chi connectivity index (χ3v) is 6.39. The second-order valence-electron chi connectivity index (χ2n) is 8.53. The lowest BCUT2D eigenvalue weighted by atomic mass is 9.95. The Morgan fingerprint density at radius 3 is 2.53 bits per heavy atom. The number of benzene rings is 1. The number of halogens is 1. The van der Waals surface area contributed by atoms with Crippen LogP contribution in [0.1, 0.15) is 36.0 Å². The molecule has 2 fully saturated rings. The Morgan fingerprint density at radius 1 is 0.938 bits per heavy atom. The van der Waals surface area contributed by atoms with E-state index in [4.69, 9.17) is 4.74 Å². The summed E-state index contributed by atoms with van der Waals surface area (Å²) in [6, 6.07) is 12.9. The number of piperidine rings is 1. The number of rotatable bonds is 6. The quantitative estimate of drug-likeness (QED) is 0.592. The summed E-state index contributed by atoms with van der Waals surface area (Å²) in [5.74, 6) is 3.10. The van der Waals surface area contributed by atoms with Crippen molar-refractivity contribution in [1.82, 2.24) is 24.6 Å². The van der Waals surface area contributed by atoms with Crippen LogP contribution < -0.4 is 4.90 Å². The molecule has 0 amide bonds. The fraction of sp³-hybridized carbons (Fsp3) is 0.458. The van der Waals surface area contributed by atoms with E-state index < -0.39 is 0 Å². The van der Waals surface area contributed by atoms with E-state index in [0.717, 1.165) is 81.8 Å². The van der Waals surface area contributed by atoms with Crippen LogP contribution in [0.15, 0.2) is 48.7 Å². The van der Waals surface area contributed by atoms with Gasteiger partial charge in [-0.25, -0.2) is 9.37 Å². The number of morpholine rings is 1. The van der Waals surface area contributed by atoms with Gasteiger partial charge in [0.25, 0.3) is 0 Å². The van der Waals surface area contributed by atoms with Crippen LogP contribution in [-0.2, 0) is 17.8 Å². The molecule has 0 saturated carbocycles. The van der Waals surface area contributed by atoms with E-state index in [2.05, 4.69) is 35.6 Å². The zero-order valence-corrected chi connectivity index (χ0v) is 18.2. The zero-order valence-electron chi connectivity index (χ0n) is 18.2. The molecule has 1 aromatic carbocycles. The van der Waals surface area contributed by atoms with Crippen LogP contribution in [0.25, 0.3) is 0 Å². The van der Waals surface area contributed by atoms with Crippen molar-refractivity contribution in [3.8, 4) is 0 Å². The van der Waals surface area contributed by atoms with Crippen molar-refractivity contribution in [2.75, 3.05) is 44.3 Å². The topological polar surface area (TPSA) is 59.3 Å². The van der Waals surface area contributed by atoms with Gasteiger partial charge in [-0.2, -0.15) is 0 Å². The van der Waals surface area contributed by atoms with Crippen molar-refractivity contribution in [3.63, 3.8) is 0 Å². The molecule has 8 heteroatoms. The Morgan fingerprint density at radius 2 is 1.78 bits per heavy atom. The molecule has 0 aliphatic carbocycles. The van der Waals surface area contributed by atoms with Gasteiger partial charge in [0.05, 0.1) is 26.3 Å². The number of hydrogen-bond donors (Lipinski definition) is 0. The number of nitrogens with zero attached hydrogens (tertiary/aromatic N) is 6. The molecule has 0 bridgehead atoms. The highest BCUT2D eigenvalue weighted by molar-refractivity contribution is 5.38. The standard InChI is InChI=1S/C24H29FN6O/c25-21-5-3-4-19(16-21)17-31-23(18-29-12-14-32-15-13-29)27-28-24(31)20-7-10-30(11-8-20)22-6-1-2-9-26-22/h1-6,9,16,20H,7-8,10-15,17-18H2. The van der Waals surface area contributed by atoms with E-state index in [0.29, 0.717) is 12.5 Å². The van der Waals surface area contributed by atoms with Crippen molar-refractivity contribution in [3.05, 3.63) is 71.7 Å². The number of ether oxygens (including phenoxy) is 1. The predicted octanol–water partition coefficient (Wildman–Crippen LogP) is 3.08. The number of pyridine rings is 1. The van der Waals surface area contributed by atoms with Crippen molar-refractivity contribution in [2.24, 2.45) is 0 Å². The highest BCUT2D eigenvalue weighted by Gasteiger charge is 2.27. The molecular formula is C24H29FN6O. The minimum atomic E-state index is -0.212. The maximum Gasteiger partial charge on any atom is 0.147 e. The van der Waals surface area contributed by atoms with Gasteiger partial charge in [0.15, 0.2) is 0 Å². The number of aromatic nitrogens is 4. The Hall–Kier alpha value is -2.84. The summed E-state index contributed by atoms with van der Waals surface area (Å²) in [6.45, 7) is 6.47. The molecule has 0 unspecified atom stereocenters. The van der Waals surface area contributed by atoms with E-state index in [1.807, 2.05) is 24.4 Å². The molecule has 0 radical (unpaired) electrons. The van der Waals surface area contributed by atoms with Gasteiger partial charge >= 0.3 is 0 Å². The molecule has 5 rings (SSSR count). The van der Waals surface area contributed by atoms with Crippen LogP contribution >= 0.6 is 0 Å². The van der Waals surface area contributed by atoms with Crippen LogP contribution in [0.5, 0.6) is 0 Å². The molecule has 2 saturated heterocycles. The van der Waals surface area contributed by atoms with Crippen molar-refractivity contribution in [1.29, 1.82) is 0 Å². The monoisotopic (exact) mass is 436 g/mol. The minimum absolute atomic E-state index is 0.212. The summed E-state index contributed by atoms with van der Waals surface area (Å²) in [6.07, 6.45) is 3.83. The van der Waals surface area contributed by atoms with Crippen LogP contribution in [0, 0.1) is 5.82 Å². The molecule has 2 aliphatic rings. The van der Waals surface area contributed by atoms with Crippen LogP contribution in [-0.4, -0.2) is 64.0 Å². The van der Waals surface area contributed by atoms with Gasteiger partial charge in [-0.05, 0) is 42.7 Å². The maximum absolute atomic E-state index is 13.9. The Balaban J connectivity index is 1.36. The molecule has 168 valence electrons. The maximum atomic E-state index is 13.9. The lowest BCUT2D eigenvalue weighted by Gasteiger charge is -2.32. The molecule has 4 heterocycles. The lowest BCUT2D eigenvalue weighted by molar-refractivity contribution is 0.0325. The zero-order chi connectivity index (χ0) is 21.8. The van der Waals surface area contributed by atoms with E-state index in [1.165, 1.54) is 6.07 Å². The molecular weight excluding hydrogens is 407 g/mol. The smallest absolute Gasteiger partial charge is 0.147 e. The predicted molar refractivity (Wildman–Crippen MR) is 120 cm³/mol. The van der Waals surface area contributed by atoms with E-state index in [1.54, 1.807) is 12.1 Å². The SMILES string of the molecule is Fc1cccc(Cn2c(CN3CCOCC3)nnc2C2CCN(c3ccccn3)CC2)c1. The Bertz CT molecular complexity index is 1010. The van der Waals surface area contributed by atoms with Crippen LogP contribution in [0.2, 0.25) is 0 Å². The third-order valence-electron chi connectivity index (χ3n) is 6.39. The van der Waals surface area contributed by atoms with Gasteiger partial charge in [-0.1, -0.05) is 18.2 Å². The molecule has 7 nitrogen and oxygen atoms in total. The normalized spacial score (nSPS) is 18.2. The minimum Gasteiger partial charge on any atom is -0.379 e. The first kappa shape index (κ1) is 21.0. The second-order valence-corrected chi connectivity index (χ2v) is 8.53. The fourth-order valence-electron chi connectivity index (χ4n) is 4.63. The van der Waals surface area contributed by atoms with Gasteiger partial charge in [0, 0.05) is 38.3 Å². The largest absolute Gasteiger partial charge is 0.379 e. The highest BCUT2D eigenvalue weighted by Crippen LogP contribution is 2.30. The van der Waals surface area contributed by atoms with E-state index >= 15 is 0 Å². The average molecular weight is 437 g/mol. The first-order chi connectivity index (χ1) is 15.8. The Labute approximate surface area is 187 Å².